The lowest BCUT2D eigenvalue weighted by molar-refractivity contribution is 0.0750. The van der Waals surface area contributed by atoms with Gasteiger partial charge in [0.2, 0.25) is 0 Å². The molecule has 0 aliphatic heterocycles. The maximum absolute atomic E-state index is 4.52. The van der Waals surface area contributed by atoms with E-state index in [0.717, 1.165) is 16.6 Å². The molecule has 2 aliphatic rings. The highest BCUT2D eigenvalue weighted by atomic mass is 32.1. The van der Waals surface area contributed by atoms with E-state index in [-0.39, 0.29) is 0 Å². The minimum Gasteiger partial charge on any atom is -0.176 e. The average Bonchev–Trinajstić information content (AvgIpc) is 2.10. The molecule has 2 fully saturated rings. The van der Waals surface area contributed by atoms with E-state index >= 15 is 0 Å². The van der Waals surface area contributed by atoms with Gasteiger partial charge in [-0.2, -0.15) is 12.6 Å². The number of thiol groups is 1. The van der Waals surface area contributed by atoms with Crippen molar-refractivity contribution in [1.82, 2.24) is 0 Å². The zero-order chi connectivity index (χ0) is 7.19. The van der Waals surface area contributed by atoms with E-state index in [0.29, 0.717) is 0 Å². The molecule has 1 spiro atoms. The van der Waals surface area contributed by atoms with Crippen molar-refractivity contribution in [3.05, 3.63) is 0 Å². The van der Waals surface area contributed by atoms with Crippen molar-refractivity contribution in [3.8, 4) is 0 Å². The molecule has 0 nitrogen and oxygen atoms in total. The summed E-state index contributed by atoms with van der Waals surface area (Å²) < 4.78 is 0. The van der Waals surface area contributed by atoms with Gasteiger partial charge >= 0.3 is 0 Å². The third-order valence-corrected chi connectivity index (χ3v) is 3.68. The molecular formula is C9H16S. The zero-order valence-electron chi connectivity index (χ0n) is 6.64. The molecule has 0 radical (unpaired) electrons. The highest BCUT2D eigenvalue weighted by molar-refractivity contribution is 7.80. The van der Waals surface area contributed by atoms with E-state index < -0.39 is 0 Å². The maximum Gasteiger partial charge on any atom is 0.00222 e. The van der Waals surface area contributed by atoms with E-state index in [2.05, 4.69) is 19.6 Å². The first-order valence-electron chi connectivity index (χ1n) is 4.38. The lowest BCUT2D eigenvalue weighted by atomic mass is 9.62. The fraction of sp³-hybridized carbons (Fsp3) is 1.00. The number of hydrogen-bond acceptors (Lipinski definition) is 1. The SMILES string of the molecule is CC1CC2(CCC(S)C2)C1. The molecule has 0 aromatic heterocycles. The van der Waals surface area contributed by atoms with Crippen LogP contribution >= 0.6 is 12.6 Å². The first kappa shape index (κ1) is 7.02. The third-order valence-electron chi connectivity index (χ3n) is 3.24. The molecule has 0 saturated heterocycles. The summed E-state index contributed by atoms with van der Waals surface area (Å²) in [4.78, 5) is 0. The van der Waals surface area contributed by atoms with E-state index in [1.54, 1.807) is 0 Å². The molecule has 0 aromatic carbocycles. The summed E-state index contributed by atoms with van der Waals surface area (Å²) in [5, 5.41) is 0.729. The van der Waals surface area contributed by atoms with Crippen LogP contribution in [0.25, 0.3) is 0 Å². The van der Waals surface area contributed by atoms with Gasteiger partial charge in [-0.25, -0.2) is 0 Å². The molecule has 58 valence electrons. The van der Waals surface area contributed by atoms with Gasteiger partial charge in [-0.3, -0.25) is 0 Å². The Morgan fingerprint density at radius 2 is 2.00 bits per heavy atom. The van der Waals surface area contributed by atoms with E-state index in [1.165, 1.54) is 32.1 Å². The molecule has 2 aliphatic carbocycles. The normalized spacial score (nSPS) is 53.4. The van der Waals surface area contributed by atoms with Crippen molar-refractivity contribution in [2.24, 2.45) is 11.3 Å². The Balaban J connectivity index is 1.95. The van der Waals surface area contributed by atoms with Gasteiger partial charge in [-0.05, 0) is 43.4 Å². The van der Waals surface area contributed by atoms with E-state index in [9.17, 15) is 0 Å². The van der Waals surface area contributed by atoms with Crippen molar-refractivity contribution in [2.75, 3.05) is 0 Å². The average molecular weight is 156 g/mol. The molecule has 2 rings (SSSR count). The van der Waals surface area contributed by atoms with Crippen LogP contribution in [0.15, 0.2) is 0 Å². The Bertz CT molecular complexity index is 130. The Hall–Kier alpha value is 0.350. The van der Waals surface area contributed by atoms with Crippen molar-refractivity contribution in [2.45, 2.75) is 44.3 Å². The molecule has 10 heavy (non-hydrogen) atoms. The summed E-state index contributed by atoms with van der Waals surface area (Å²) in [5.41, 5.74) is 0.784. The Morgan fingerprint density at radius 3 is 2.40 bits per heavy atom. The van der Waals surface area contributed by atoms with Crippen LogP contribution < -0.4 is 0 Å². The Morgan fingerprint density at radius 1 is 1.30 bits per heavy atom. The summed E-state index contributed by atoms with van der Waals surface area (Å²) in [6.45, 7) is 2.37. The van der Waals surface area contributed by atoms with Crippen LogP contribution in [0.2, 0.25) is 0 Å². The van der Waals surface area contributed by atoms with E-state index in [4.69, 9.17) is 0 Å². The summed E-state index contributed by atoms with van der Waals surface area (Å²) >= 11 is 4.52. The van der Waals surface area contributed by atoms with Gasteiger partial charge < -0.3 is 0 Å². The third kappa shape index (κ3) is 0.990. The maximum atomic E-state index is 4.52. The minimum atomic E-state index is 0.729. The standard InChI is InChI=1S/C9H16S/c1-7-4-9(5-7)3-2-8(10)6-9/h7-8,10H,2-6H2,1H3. The summed E-state index contributed by atoms with van der Waals surface area (Å²) in [5.74, 6) is 1.01. The van der Waals surface area contributed by atoms with Crippen LogP contribution in [0, 0.1) is 11.3 Å². The van der Waals surface area contributed by atoms with Crippen LogP contribution in [0.5, 0.6) is 0 Å². The summed E-state index contributed by atoms with van der Waals surface area (Å²) in [7, 11) is 0. The minimum absolute atomic E-state index is 0.729. The molecule has 1 unspecified atom stereocenters. The fourth-order valence-electron chi connectivity index (χ4n) is 2.97. The van der Waals surface area contributed by atoms with Gasteiger partial charge in [0.05, 0.1) is 0 Å². The van der Waals surface area contributed by atoms with Gasteiger partial charge in [-0.1, -0.05) is 6.92 Å². The van der Waals surface area contributed by atoms with Crippen LogP contribution in [0.4, 0.5) is 0 Å². The zero-order valence-corrected chi connectivity index (χ0v) is 7.53. The molecule has 0 N–H and O–H groups in total. The first-order chi connectivity index (χ1) is 4.70. The second-order valence-corrected chi connectivity index (χ2v) is 5.14. The van der Waals surface area contributed by atoms with Crippen molar-refractivity contribution >= 4 is 12.6 Å². The smallest absolute Gasteiger partial charge is 0.00222 e. The van der Waals surface area contributed by atoms with Gasteiger partial charge in [0.15, 0.2) is 0 Å². The summed E-state index contributed by atoms with van der Waals surface area (Å²) in [6.07, 6.45) is 7.22. The topological polar surface area (TPSA) is 0 Å². The van der Waals surface area contributed by atoms with E-state index in [1.807, 2.05) is 0 Å². The quantitative estimate of drug-likeness (QED) is 0.512. The van der Waals surface area contributed by atoms with Crippen molar-refractivity contribution in [1.29, 1.82) is 0 Å². The Labute approximate surface area is 68.8 Å². The summed E-state index contributed by atoms with van der Waals surface area (Å²) in [6, 6.07) is 0. The van der Waals surface area contributed by atoms with Gasteiger partial charge in [0, 0.05) is 5.25 Å². The van der Waals surface area contributed by atoms with Crippen LogP contribution in [-0.4, -0.2) is 5.25 Å². The molecule has 0 amide bonds. The molecular weight excluding hydrogens is 140 g/mol. The Kier molecular flexibility index (Phi) is 1.52. The molecule has 0 heterocycles. The number of rotatable bonds is 0. The molecule has 0 bridgehead atoms. The van der Waals surface area contributed by atoms with Gasteiger partial charge in [-0.15, -0.1) is 0 Å². The molecule has 0 aromatic rings. The van der Waals surface area contributed by atoms with Crippen molar-refractivity contribution in [3.63, 3.8) is 0 Å². The lowest BCUT2D eigenvalue weighted by Gasteiger charge is -2.44. The molecule has 1 heteroatoms. The fourth-order valence-corrected chi connectivity index (χ4v) is 3.48. The van der Waals surface area contributed by atoms with Crippen LogP contribution in [-0.2, 0) is 0 Å². The molecule has 1 atom stereocenters. The highest BCUT2D eigenvalue weighted by Gasteiger charge is 2.45. The lowest BCUT2D eigenvalue weighted by Crippen LogP contribution is -2.33. The van der Waals surface area contributed by atoms with Crippen molar-refractivity contribution < 1.29 is 0 Å². The second kappa shape index (κ2) is 2.17. The molecule has 2 saturated carbocycles. The van der Waals surface area contributed by atoms with Gasteiger partial charge in [0.1, 0.15) is 0 Å². The highest BCUT2D eigenvalue weighted by Crippen LogP contribution is 2.56. The van der Waals surface area contributed by atoms with Gasteiger partial charge in [0.25, 0.3) is 0 Å². The van der Waals surface area contributed by atoms with Crippen LogP contribution in [0.1, 0.15) is 39.0 Å². The first-order valence-corrected chi connectivity index (χ1v) is 4.90. The monoisotopic (exact) mass is 156 g/mol. The predicted octanol–water partition coefficient (Wildman–Crippen LogP) is 2.89. The largest absolute Gasteiger partial charge is 0.176 e. The second-order valence-electron chi connectivity index (χ2n) is 4.41. The van der Waals surface area contributed by atoms with Crippen LogP contribution in [0.3, 0.4) is 0 Å². The predicted molar refractivity (Wildman–Crippen MR) is 47.5 cm³/mol. The number of hydrogen-bond donors (Lipinski definition) is 1.